The van der Waals surface area contributed by atoms with Crippen molar-refractivity contribution in [3.63, 3.8) is 0 Å². The lowest BCUT2D eigenvalue weighted by Crippen LogP contribution is -2.45. The van der Waals surface area contributed by atoms with Crippen LogP contribution in [0.25, 0.3) is 11.1 Å². The van der Waals surface area contributed by atoms with Gasteiger partial charge in [-0.05, 0) is 49.4 Å². The minimum atomic E-state index is -0.482. The molecule has 0 aliphatic carbocycles. The molecule has 2 aromatic carbocycles. The lowest BCUT2D eigenvalue weighted by Gasteiger charge is -2.15. The molecule has 6 nitrogen and oxygen atoms in total. The summed E-state index contributed by atoms with van der Waals surface area (Å²) in [6, 6.07) is 14.9. The van der Waals surface area contributed by atoms with Crippen molar-refractivity contribution >= 4 is 22.9 Å². The number of nitrogens with one attached hydrogen (secondary N) is 2. The van der Waals surface area contributed by atoms with Crippen LogP contribution in [0.5, 0.6) is 0 Å². The summed E-state index contributed by atoms with van der Waals surface area (Å²) in [5, 5.41) is 5.66. The Morgan fingerprint density at radius 3 is 2.86 bits per heavy atom. The van der Waals surface area contributed by atoms with Crippen molar-refractivity contribution < 1.29 is 14.0 Å². The van der Waals surface area contributed by atoms with Gasteiger partial charge in [0.05, 0.1) is 0 Å². The van der Waals surface area contributed by atoms with Crippen LogP contribution in [0.15, 0.2) is 52.9 Å². The lowest BCUT2D eigenvalue weighted by molar-refractivity contribution is -0.122. The molecule has 1 aromatic heterocycles. The summed E-state index contributed by atoms with van der Waals surface area (Å²) in [4.78, 5) is 29.1. The van der Waals surface area contributed by atoms with Crippen LogP contribution in [0.4, 0.5) is 0 Å². The zero-order valence-electron chi connectivity index (χ0n) is 15.6. The van der Waals surface area contributed by atoms with E-state index in [0.717, 1.165) is 19.3 Å². The maximum Gasteiger partial charge on any atom is 0.252 e. The summed E-state index contributed by atoms with van der Waals surface area (Å²) in [6.07, 6.45) is 4.05. The van der Waals surface area contributed by atoms with E-state index in [-0.39, 0.29) is 11.8 Å². The molecular formula is C22H23N3O3. The fourth-order valence-corrected chi connectivity index (χ4v) is 3.44. The Kier molecular flexibility index (Phi) is 5.37. The topological polar surface area (TPSA) is 84.2 Å². The third-order valence-electron chi connectivity index (χ3n) is 5.01. The van der Waals surface area contributed by atoms with Gasteiger partial charge in [0.25, 0.3) is 5.91 Å². The average molecular weight is 377 g/mol. The molecule has 2 heterocycles. The molecule has 0 saturated carbocycles. The Hall–Kier alpha value is -3.15. The molecule has 3 aromatic rings. The normalized spacial score (nSPS) is 17.1. The Morgan fingerprint density at radius 2 is 2.00 bits per heavy atom. The molecule has 0 radical (unpaired) electrons. The molecular weight excluding hydrogens is 354 g/mol. The summed E-state index contributed by atoms with van der Waals surface area (Å²) in [5.74, 6) is 0.272. The van der Waals surface area contributed by atoms with Gasteiger partial charge in [-0.1, -0.05) is 30.3 Å². The summed E-state index contributed by atoms with van der Waals surface area (Å²) in [5.41, 5.74) is 3.02. The van der Waals surface area contributed by atoms with Crippen molar-refractivity contribution in [2.24, 2.45) is 0 Å². The maximum atomic E-state index is 12.6. The molecule has 0 unspecified atom stereocenters. The van der Waals surface area contributed by atoms with E-state index in [1.54, 1.807) is 18.2 Å². The summed E-state index contributed by atoms with van der Waals surface area (Å²) in [7, 11) is 0. The van der Waals surface area contributed by atoms with Crippen LogP contribution in [0.1, 0.15) is 41.1 Å². The second-order valence-electron chi connectivity index (χ2n) is 7.09. The van der Waals surface area contributed by atoms with Crippen LogP contribution < -0.4 is 10.6 Å². The standard InChI is InChI=1S/C22H23N3O3/c26-21(25-17-8-4-5-13-23-22(17)27)16-10-11-19-18(14-16)24-20(28-19)12-9-15-6-2-1-3-7-15/h1-3,6-7,10-11,14,17H,4-5,8-9,12-13H2,(H,23,27)(H,25,26)/t17-/m0/s1. The Bertz CT molecular complexity index is 981. The number of oxazole rings is 1. The Labute approximate surface area is 163 Å². The Morgan fingerprint density at radius 1 is 1.14 bits per heavy atom. The van der Waals surface area contributed by atoms with E-state index < -0.39 is 6.04 Å². The number of carbonyl (C=O) groups excluding carboxylic acids is 2. The van der Waals surface area contributed by atoms with Crippen LogP contribution in [-0.4, -0.2) is 29.4 Å². The summed E-state index contributed by atoms with van der Waals surface area (Å²) in [6.45, 7) is 0.669. The van der Waals surface area contributed by atoms with Crippen molar-refractivity contribution in [3.8, 4) is 0 Å². The van der Waals surface area contributed by atoms with Gasteiger partial charge >= 0.3 is 0 Å². The quantitative estimate of drug-likeness (QED) is 0.716. The minimum Gasteiger partial charge on any atom is -0.441 e. The first-order valence-electron chi connectivity index (χ1n) is 9.71. The third kappa shape index (κ3) is 4.22. The van der Waals surface area contributed by atoms with E-state index in [0.29, 0.717) is 41.9 Å². The zero-order chi connectivity index (χ0) is 19.3. The van der Waals surface area contributed by atoms with E-state index in [4.69, 9.17) is 4.42 Å². The number of carbonyl (C=O) groups is 2. The number of fused-ring (bicyclic) bond motifs is 1. The number of amides is 2. The van der Waals surface area contributed by atoms with Gasteiger partial charge in [-0.3, -0.25) is 9.59 Å². The van der Waals surface area contributed by atoms with Crippen molar-refractivity contribution in [3.05, 3.63) is 65.5 Å². The van der Waals surface area contributed by atoms with Gasteiger partial charge in [0.15, 0.2) is 11.5 Å². The molecule has 1 fully saturated rings. The second-order valence-corrected chi connectivity index (χ2v) is 7.09. The number of hydrogen-bond donors (Lipinski definition) is 2. The molecule has 0 bridgehead atoms. The zero-order valence-corrected chi connectivity index (χ0v) is 15.6. The van der Waals surface area contributed by atoms with E-state index in [9.17, 15) is 9.59 Å². The average Bonchev–Trinajstić information content (AvgIpc) is 3.03. The van der Waals surface area contributed by atoms with Crippen LogP contribution in [0.3, 0.4) is 0 Å². The Balaban J connectivity index is 1.45. The first kappa shape index (κ1) is 18.2. The highest BCUT2D eigenvalue weighted by atomic mass is 16.3. The number of benzene rings is 2. The highest BCUT2D eigenvalue weighted by molar-refractivity contribution is 5.99. The third-order valence-corrected chi connectivity index (χ3v) is 5.01. The molecule has 1 saturated heterocycles. The smallest absolute Gasteiger partial charge is 0.252 e. The van der Waals surface area contributed by atoms with Crippen LogP contribution >= 0.6 is 0 Å². The number of hydrogen-bond acceptors (Lipinski definition) is 4. The first-order chi connectivity index (χ1) is 13.7. The minimum absolute atomic E-state index is 0.114. The van der Waals surface area contributed by atoms with Crippen LogP contribution in [0.2, 0.25) is 0 Å². The highest BCUT2D eigenvalue weighted by Gasteiger charge is 2.23. The van der Waals surface area contributed by atoms with E-state index in [1.807, 2.05) is 18.2 Å². The van der Waals surface area contributed by atoms with Gasteiger partial charge in [-0.2, -0.15) is 0 Å². The van der Waals surface area contributed by atoms with E-state index in [1.165, 1.54) is 5.56 Å². The molecule has 1 aliphatic rings. The maximum absolute atomic E-state index is 12.6. The molecule has 1 atom stereocenters. The molecule has 144 valence electrons. The van der Waals surface area contributed by atoms with Crippen LogP contribution in [0, 0.1) is 0 Å². The van der Waals surface area contributed by atoms with Gasteiger partial charge in [0, 0.05) is 18.5 Å². The van der Waals surface area contributed by atoms with Crippen molar-refractivity contribution in [2.45, 2.75) is 38.1 Å². The largest absolute Gasteiger partial charge is 0.441 e. The number of nitrogens with zero attached hydrogens (tertiary/aromatic N) is 1. The fourth-order valence-electron chi connectivity index (χ4n) is 3.44. The predicted molar refractivity (Wildman–Crippen MR) is 106 cm³/mol. The lowest BCUT2D eigenvalue weighted by atomic mass is 10.1. The van der Waals surface area contributed by atoms with E-state index in [2.05, 4.69) is 27.8 Å². The monoisotopic (exact) mass is 377 g/mol. The van der Waals surface area contributed by atoms with Gasteiger partial charge in [-0.25, -0.2) is 4.98 Å². The van der Waals surface area contributed by atoms with Gasteiger partial charge < -0.3 is 15.1 Å². The van der Waals surface area contributed by atoms with Crippen molar-refractivity contribution in [1.82, 2.24) is 15.6 Å². The molecule has 2 N–H and O–H groups in total. The fraction of sp³-hybridized carbons (Fsp3) is 0.318. The molecule has 6 heteroatoms. The number of rotatable bonds is 5. The first-order valence-corrected chi connectivity index (χ1v) is 9.71. The van der Waals surface area contributed by atoms with Gasteiger partial charge in [0.2, 0.25) is 5.91 Å². The molecule has 1 aliphatic heterocycles. The van der Waals surface area contributed by atoms with E-state index >= 15 is 0 Å². The number of aromatic nitrogens is 1. The van der Waals surface area contributed by atoms with Crippen LogP contribution in [-0.2, 0) is 17.6 Å². The predicted octanol–water partition coefficient (Wildman–Crippen LogP) is 3.01. The molecule has 2 amide bonds. The van der Waals surface area contributed by atoms with Crippen molar-refractivity contribution in [2.75, 3.05) is 6.54 Å². The summed E-state index contributed by atoms with van der Waals surface area (Å²) >= 11 is 0. The summed E-state index contributed by atoms with van der Waals surface area (Å²) < 4.78 is 5.80. The number of aryl methyl sites for hydroxylation is 2. The molecule has 28 heavy (non-hydrogen) atoms. The van der Waals surface area contributed by atoms with Gasteiger partial charge in [-0.15, -0.1) is 0 Å². The SMILES string of the molecule is O=C(N[C@H]1CCCCNC1=O)c1ccc2oc(CCc3ccccc3)nc2c1. The second kappa shape index (κ2) is 8.25. The van der Waals surface area contributed by atoms with Crippen molar-refractivity contribution in [1.29, 1.82) is 0 Å². The van der Waals surface area contributed by atoms with Gasteiger partial charge in [0.1, 0.15) is 11.6 Å². The molecule has 4 rings (SSSR count). The molecule has 0 spiro atoms. The highest BCUT2D eigenvalue weighted by Crippen LogP contribution is 2.19.